The topological polar surface area (TPSA) is 142 Å². The Bertz CT molecular complexity index is 1590. The van der Waals surface area contributed by atoms with Crippen molar-refractivity contribution in [2.24, 2.45) is 0 Å². The first-order chi connectivity index (χ1) is 21.2. The van der Waals surface area contributed by atoms with Crippen LogP contribution in [0.3, 0.4) is 0 Å². The number of carbonyl (C=O) groups is 3. The largest absolute Gasteiger partial charge is 0.573 e. The maximum Gasteiger partial charge on any atom is 0.573 e. The second-order valence-corrected chi connectivity index (χ2v) is 10.2. The van der Waals surface area contributed by atoms with Crippen LogP contribution in [0, 0.1) is 0 Å². The number of para-hydroxylation sites is 1. The third kappa shape index (κ3) is 7.76. The zero-order valence-electron chi connectivity index (χ0n) is 23.3. The Kier molecular flexibility index (Phi) is 9.17. The molecule has 0 unspecified atom stereocenters. The number of benzene rings is 3. The summed E-state index contributed by atoms with van der Waals surface area (Å²) in [6.07, 6.45) is 0.679. The van der Waals surface area contributed by atoms with Crippen LogP contribution in [0.2, 0.25) is 0 Å². The number of halogens is 3. The molecule has 228 valence electrons. The highest BCUT2D eigenvalue weighted by atomic mass is 19.4. The van der Waals surface area contributed by atoms with Gasteiger partial charge >= 0.3 is 12.4 Å². The Morgan fingerprint density at radius 1 is 0.909 bits per heavy atom. The van der Waals surface area contributed by atoms with Gasteiger partial charge in [-0.25, -0.2) is 4.79 Å². The van der Waals surface area contributed by atoms with Crippen LogP contribution >= 0.6 is 0 Å². The van der Waals surface area contributed by atoms with Gasteiger partial charge in [-0.1, -0.05) is 60.8 Å². The van der Waals surface area contributed by atoms with Gasteiger partial charge in [0.25, 0.3) is 17.8 Å². The monoisotopic (exact) mass is 607 g/mol. The fourth-order valence-corrected chi connectivity index (χ4v) is 5.08. The van der Waals surface area contributed by atoms with Gasteiger partial charge in [0.2, 0.25) is 0 Å². The number of hydrogen-bond donors (Lipinski definition) is 3. The predicted octanol–water partition coefficient (Wildman–Crippen LogP) is 5.95. The van der Waals surface area contributed by atoms with Gasteiger partial charge in [-0.15, -0.1) is 18.3 Å². The number of tetrazole rings is 1. The normalized spacial score (nSPS) is 13.6. The van der Waals surface area contributed by atoms with Gasteiger partial charge < -0.3 is 4.74 Å². The van der Waals surface area contributed by atoms with Gasteiger partial charge in [-0.05, 0) is 71.5 Å². The molecular weight excluding hydrogens is 579 g/mol. The van der Waals surface area contributed by atoms with E-state index in [1.54, 1.807) is 36.4 Å². The lowest BCUT2D eigenvalue weighted by molar-refractivity contribution is -0.274. The molecule has 44 heavy (non-hydrogen) atoms. The second-order valence-electron chi connectivity index (χ2n) is 10.2. The first-order valence-corrected chi connectivity index (χ1v) is 13.9. The van der Waals surface area contributed by atoms with Crippen LogP contribution in [-0.2, 0) is 6.54 Å². The molecule has 3 aromatic carbocycles. The number of nitrogens with one attached hydrogen (secondary N) is 3. The molecule has 1 saturated carbocycles. The SMILES string of the molecule is O=C(Nc1nn[nH]n1)c1ccc(CN(C(=O)NC(=O)c2ccccc2OC(F)(F)F)c2ccc(C3CCCCC3)cc2)cc1. The maximum atomic E-state index is 13.5. The number of anilines is 2. The Balaban J connectivity index is 1.36. The number of aromatic nitrogens is 4. The zero-order valence-corrected chi connectivity index (χ0v) is 23.3. The van der Waals surface area contributed by atoms with Crippen LogP contribution in [0.25, 0.3) is 0 Å². The number of imide groups is 1. The van der Waals surface area contributed by atoms with Crippen molar-refractivity contribution in [3.05, 3.63) is 95.1 Å². The standard InChI is InChI=1S/C30H28F3N7O4/c31-30(32,33)44-25-9-5-4-8-24(25)27(42)35-29(43)40(23-16-14-21(15-17-23)20-6-2-1-3-7-20)18-19-10-12-22(13-11-19)26(41)34-28-36-38-39-37-28/h4-5,8-17,20H,1-3,6-7,18H2,(H,35,42,43)(H2,34,36,37,38,39,41). The molecular formula is C30H28F3N7O4. The number of hydrogen-bond acceptors (Lipinski definition) is 7. The van der Waals surface area contributed by atoms with Crippen LogP contribution in [0.1, 0.15) is 69.9 Å². The van der Waals surface area contributed by atoms with Gasteiger partial charge in [-0.2, -0.15) is 5.21 Å². The summed E-state index contributed by atoms with van der Waals surface area (Å²) >= 11 is 0. The molecule has 3 N–H and O–H groups in total. The van der Waals surface area contributed by atoms with E-state index >= 15 is 0 Å². The number of urea groups is 1. The number of alkyl halides is 3. The van der Waals surface area contributed by atoms with Crippen molar-refractivity contribution in [1.29, 1.82) is 0 Å². The molecule has 1 fully saturated rings. The summed E-state index contributed by atoms with van der Waals surface area (Å²) in [6, 6.07) is 17.7. The molecule has 1 aliphatic carbocycles. The minimum atomic E-state index is -5.03. The molecule has 0 saturated heterocycles. The number of aromatic amines is 1. The smallest absolute Gasteiger partial charge is 0.405 e. The second kappa shape index (κ2) is 13.4. The number of H-pyrrole nitrogens is 1. The molecule has 11 nitrogen and oxygen atoms in total. The molecule has 1 heterocycles. The number of amides is 4. The van der Waals surface area contributed by atoms with E-state index in [2.05, 4.69) is 36.0 Å². The van der Waals surface area contributed by atoms with Gasteiger partial charge in [0.1, 0.15) is 5.75 Å². The van der Waals surface area contributed by atoms with Crippen LogP contribution in [0.5, 0.6) is 5.75 Å². The quantitative estimate of drug-likeness (QED) is 0.225. The zero-order chi connectivity index (χ0) is 31.1. The van der Waals surface area contributed by atoms with Crippen molar-refractivity contribution in [3.63, 3.8) is 0 Å². The summed E-state index contributed by atoms with van der Waals surface area (Å²) in [7, 11) is 0. The number of nitrogens with zero attached hydrogens (tertiary/aromatic N) is 4. The summed E-state index contributed by atoms with van der Waals surface area (Å²) in [5, 5.41) is 17.6. The van der Waals surface area contributed by atoms with Crippen LogP contribution in [0.4, 0.5) is 29.6 Å². The maximum absolute atomic E-state index is 13.5. The lowest BCUT2D eigenvalue weighted by Gasteiger charge is -2.25. The Labute approximate surface area is 249 Å². The highest BCUT2D eigenvalue weighted by molar-refractivity contribution is 6.10. The van der Waals surface area contributed by atoms with Crippen molar-refractivity contribution in [3.8, 4) is 5.75 Å². The molecule has 14 heteroatoms. The molecule has 4 aromatic rings. The van der Waals surface area contributed by atoms with Gasteiger partial charge in [-0.3, -0.25) is 25.1 Å². The molecule has 4 amide bonds. The lowest BCUT2D eigenvalue weighted by Crippen LogP contribution is -2.43. The Morgan fingerprint density at radius 3 is 2.27 bits per heavy atom. The Morgan fingerprint density at radius 2 is 1.61 bits per heavy atom. The Hall–Kier alpha value is -5.27. The van der Waals surface area contributed by atoms with E-state index in [4.69, 9.17) is 0 Å². The number of rotatable bonds is 8. The third-order valence-corrected chi connectivity index (χ3v) is 7.23. The summed E-state index contributed by atoms with van der Waals surface area (Å²) in [5.74, 6) is -1.84. The molecule has 0 radical (unpaired) electrons. The minimum absolute atomic E-state index is 0.00507. The average molecular weight is 608 g/mol. The molecule has 5 rings (SSSR count). The van der Waals surface area contributed by atoms with E-state index in [9.17, 15) is 27.6 Å². The van der Waals surface area contributed by atoms with E-state index in [1.807, 2.05) is 12.1 Å². The van der Waals surface area contributed by atoms with Crippen molar-refractivity contribution in [1.82, 2.24) is 25.9 Å². The summed E-state index contributed by atoms with van der Waals surface area (Å²) < 4.78 is 42.7. The highest BCUT2D eigenvalue weighted by Gasteiger charge is 2.33. The summed E-state index contributed by atoms with van der Waals surface area (Å²) in [4.78, 5) is 40.3. The van der Waals surface area contributed by atoms with Gasteiger partial charge in [0.05, 0.1) is 12.1 Å². The molecule has 1 aliphatic rings. The predicted molar refractivity (Wildman–Crippen MR) is 153 cm³/mol. The average Bonchev–Trinajstić information content (AvgIpc) is 3.53. The highest BCUT2D eigenvalue weighted by Crippen LogP contribution is 2.34. The van der Waals surface area contributed by atoms with Crippen molar-refractivity contribution >= 4 is 29.5 Å². The van der Waals surface area contributed by atoms with E-state index in [-0.39, 0.29) is 12.5 Å². The van der Waals surface area contributed by atoms with Crippen LogP contribution in [0.15, 0.2) is 72.8 Å². The number of carbonyl (C=O) groups excluding carboxylic acids is 3. The summed E-state index contributed by atoms with van der Waals surface area (Å²) in [5.41, 5.74) is 2.07. The minimum Gasteiger partial charge on any atom is -0.405 e. The molecule has 0 spiro atoms. The fraction of sp³-hybridized carbons (Fsp3) is 0.267. The van der Waals surface area contributed by atoms with E-state index in [0.717, 1.165) is 43.4 Å². The van der Waals surface area contributed by atoms with E-state index < -0.39 is 35.5 Å². The molecule has 0 bridgehead atoms. The first kappa shape index (κ1) is 30.2. The number of ether oxygens (including phenoxy) is 1. The fourth-order valence-electron chi connectivity index (χ4n) is 5.08. The van der Waals surface area contributed by atoms with E-state index in [0.29, 0.717) is 22.7 Å². The van der Waals surface area contributed by atoms with Gasteiger partial charge in [0, 0.05) is 11.3 Å². The van der Waals surface area contributed by atoms with Crippen molar-refractivity contribution in [2.75, 3.05) is 10.2 Å². The van der Waals surface area contributed by atoms with Crippen molar-refractivity contribution < 1.29 is 32.3 Å². The molecule has 1 aromatic heterocycles. The van der Waals surface area contributed by atoms with Gasteiger partial charge in [0.15, 0.2) is 0 Å². The molecule has 0 atom stereocenters. The van der Waals surface area contributed by atoms with Crippen molar-refractivity contribution in [2.45, 2.75) is 50.9 Å². The van der Waals surface area contributed by atoms with E-state index in [1.165, 1.54) is 23.5 Å². The molecule has 0 aliphatic heterocycles. The summed E-state index contributed by atoms with van der Waals surface area (Å²) in [6.45, 7) is -0.0185. The van der Waals surface area contributed by atoms with Crippen LogP contribution in [-0.4, -0.2) is 44.8 Å². The van der Waals surface area contributed by atoms with Crippen LogP contribution < -0.4 is 20.3 Å². The lowest BCUT2D eigenvalue weighted by atomic mass is 9.84. The third-order valence-electron chi connectivity index (χ3n) is 7.23. The first-order valence-electron chi connectivity index (χ1n) is 13.9.